The van der Waals surface area contributed by atoms with Gasteiger partial charge in [0.15, 0.2) is 0 Å². The molecular weight excluding hydrogens is 397 g/mol. The molecule has 0 bridgehead atoms. The van der Waals surface area contributed by atoms with Crippen molar-refractivity contribution in [3.8, 4) is 0 Å². The number of thiazole rings is 1. The van der Waals surface area contributed by atoms with E-state index in [4.69, 9.17) is 23.2 Å². The number of aromatic carboxylic acids is 1. The number of benzene rings is 2. The maximum Gasteiger partial charge on any atom is 0.335 e. The Morgan fingerprint density at radius 2 is 2.00 bits per heavy atom. The summed E-state index contributed by atoms with van der Waals surface area (Å²) < 4.78 is 0. The molecule has 0 atom stereocenters. The van der Waals surface area contributed by atoms with Crippen LogP contribution in [0.15, 0.2) is 35.8 Å². The number of hydrogen-bond acceptors (Lipinski definition) is 5. The number of carbonyl (C=O) groups excluding carboxylic acids is 1. The molecule has 0 spiro atoms. The molecule has 0 radical (unpaired) electrons. The molecule has 3 N–H and O–H groups in total. The van der Waals surface area contributed by atoms with E-state index in [1.165, 1.54) is 23.5 Å². The summed E-state index contributed by atoms with van der Waals surface area (Å²) in [5.41, 5.74) is 0.521. The van der Waals surface area contributed by atoms with Gasteiger partial charge in [-0.15, -0.1) is 11.3 Å². The molecule has 0 aliphatic carbocycles. The van der Waals surface area contributed by atoms with Crippen molar-refractivity contribution in [2.24, 2.45) is 0 Å². The Morgan fingerprint density at radius 3 is 2.69 bits per heavy atom. The molecule has 1 heterocycles. The quantitative estimate of drug-likeness (QED) is 0.571. The Labute approximate surface area is 162 Å². The third kappa shape index (κ3) is 4.24. The van der Waals surface area contributed by atoms with Gasteiger partial charge in [-0.2, -0.15) is 0 Å². The van der Waals surface area contributed by atoms with E-state index in [0.29, 0.717) is 33.0 Å². The molecular formula is C17H13Cl2N3O3S. The predicted octanol–water partition coefficient (Wildman–Crippen LogP) is 4.03. The zero-order valence-corrected chi connectivity index (χ0v) is 15.6. The Morgan fingerprint density at radius 1 is 1.19 bits per heavy atom. The van der Waals surface area contributed by atoms with Gasteiger partial charge in [0.05, 0.1) is 23.7 Å². The van der Waals surface area contributed by atoms with Crippen LogP contribution in [0.5, 0.6) is 0 Å². The molecule has 9 heteroatoms. The fraction of sp³-hybridized carbons (Fsp3) is 0.118. The van der Waals surface area contributed by atoms with Crippen LogP contribution >= 0.6 is 34.5 Å². The van der Waals surface area contributed by atoms with Gasteiger partial charge in [0.2, 0.25) is 5.91 Å². The number of fused-ring (bicyclic) bond motifs is 1. The number of hydrogen-bond donors (Lipinski definition) is 3. The van der Waals surface area contributed by atoms with Crippen molar-refractivity contribution in [1.29, 1.82) is 0 Å². The molecule has 134 valence electrons. The molecule has 3 aromatic rings. The molecule has 0 aliphatic rings. The van der Waals surface area contributed by atoms with Crippen molar-refractivity contribution >= 4 is 62.9 Å². The first-order chi connectivity index (χ1) is 12.4. The third-order valence-corrected chi connectivity index (χ3v) is 4.87. The Kier molecular flexibility index (Phi) is 5.61. The van der Waals surface area contributed by atoms with Crippen LogP contribution in [-0.2, 0) is 11.3 Å². The van der Waals surface area contributed by atoms with Gasteiger partial charge in [-0.3, -0.25) is 4.79 Å². The highest BCUT2D eigenvalue weighted by molar-refractivity contribution is 7.09. The van der Waals surface area contributed by atoms with Gasteiger partial charge in [0, 0.05) is 27.7 Å². The highest BCUT2D eigenvalue weighted by Gasteiger charge is 2.13. The maximum atomic E-state index is 12.0. The minimum absolute atomic E-state index is 0.0392. The highest BCUT2D eigenvalue weighted by Crippen LogP contribution is 2.34. The summed E-state index contributed by atoms with van der Waals surface area (Å²) in [7, 11) is 0. The summed E-state index contributed by atoms with van der Waals surface area (Å²) in [6.45, 7) is 0.299. The smallest absolute Gasteiger partial charge is 0.335 e. The van der Waals surface area contributed by atoms with Gasteiger partial charge in [0.25, 0.3) is 0 Å². The van der Waals surface area contributed by atoms with Crippen molar-refractivity contribution in [1.82, 2.24) is 10.3 Å². The van der Waals surface area contributed by atoms with Gasteiger partial charge < -0.3 is 15.7 Å². The molecule has 0 aliphatic heterocycles. The van der Waals surface area contributed by atoms with E-state index in [9.17, 15) is 14.7 Å². The molecule has 1 amide bonds. The van der Waals surface area contributed by atoms with Gasteiger partial charge in [-0.25, -0.2) is 9.78 Å². The lowest BCUT2D eigenvalue weighted by Crippen LogP contribution is -2.29. The van der Waals surface area contributed by atoms with E-state index < -0.39 is 5.97 Å². The minimum Gasteiger partial charge on any atom is -0.478 e. The topological polar surface area (TPSA) is 91.3 Å². The Balaban J connectivity index is 1.81. The van der Waals surface area contributed by atoms with E-state index in [1.54, 1.807) is 18.3 Å². The number of nitrogens with one attached hydrogen (secondary N) is 2. The van der Waals surface area contributed by atoms with E-state index in [0.717, 1.165) is 5.01 Å². The van der Waals surface area contributed by atoms with Crippen LogP contribution in [0.3, 0.4) is 0 Å². The van der Waals surface area contributed by atoms with Crippen molar-refractivity contribution < 1.29 is 14.7 Å². The first-order valence-corrected chi connectivity index (χ1v) is 9.12. The average Bonchev–Trinajstić information content (AvgIpc) is 3.10. The Bertz CT molecular complexity index is 977. The van der Waals surface area contributed by atoms with Crippen LogP contribution < -0.4 is 10.6 Å². The summed E-state index contributed by atoms with van der Waals surface area (Å²) >= 11 is 13.7. The molecule has 0 fully saturated rings. The number of carbonyl (C=O) groups is 2. The van der Waals surface area contributed by atoms with Gasteiger partial charge >= 0.3 is 5.97 Å². The number of amides is 1. The number of rotatable bonds is 6. The monoisotopic (exact) mass is 409 g/mol. The lowest BCUT2D eigenvalue weighted by molar-refractivity contribution is -0.119. The van der Waals surface area contributed by atoms with Crippen molar-refractivity contribution in [3.63, 3.8) is 0 Å². The lowest BCUT2D eigenvalue weighted by atomic mass is 10.0. The van der Waals surface area contributed by atoms with Gasteiger partial charge in [0.1, 0.15) is 5.01 Å². The SMILES string of the molecule is O=C(CNc1cc(C(=O)O)cc2cc(Cl)cc(Cl)c12)NCc1nccs1. The molecule has 0 unspecified atom stereocenters. The van der Waals surface area contributed by atoms with Crippen molar-refractivity contribution in [2.45, 2.75) is 6.54 Å². The first-order valence-electron chi connectivity index (χ1n) is 7.49. The number of anilines is 1. The Hall–Kier alpha value is -2.35. The standard InChI is InChI=1S/C17H13Cl2N3O3S/c18-11-4-9-3-10(17(24)25)5-13(16(9)12(19)6-11)21-7-14(23)22-8-15-20-1-2-26-15/h1-6,21H,7-8H2,(H,22,23)(H,24,25). The second-order valence-corrected chi connectivity index (χ2v) is 7.19. The number of carboxylic acid groups (broad SMARTS) is 1. The van der Waals surface area contributed by atoms with Crippen LogP contribution in [-0.4, -0.2) is 28.5 Å². The summed E-state index contributed by atoms with van der Waals surface area (Å²) in [6.07, 6.45) is 1.67. The number of carboxylic acids is 1. The number of nitrogens with zero attached hydrogens (tertiary/aromatic N) is 1. The fourth-order valence-corrected chi connectivity index (χ4v) is 3.61. The zero-order valence-electron chi connectivity index (χ0n) is 13.3. The van der Waals surface area contributed by atoms with Crippen molar-refractivity contribution in [2.75, 3.05) is 11.9 Å². The van der Waals surface area contributed by atoms with Crippen LogP contribution in [0.1, 0.15) is 15.4 Å². The molecule has 0 saturated heterocycles. The summed E-state index contributed by atoms with van der Waals surface area (Å²) in [6, 6.07) is 6.13. The van der Waals surface area contributed by atoms with Crippen LogP contribution in [0.2, 0.25) is 10.0 Å². The normalized spacial score (nSPS) is 10.7. The largest absolute Gasteiger partial charge is 0.478 e. The molecule has 6 nitrogen and oxygen atoms in total. The number of aromatic nitrogens is 1. The van der Waals surface area contributed by atoms with Crippen LogP contribution in [0.4, 0.5) is 5.69 Å². The second kappa shape index (κ2) is 7.90. The van der Waals surface area contributed by atoms with Crippen LogP contribution in [0, 0.1) is 0 Å². The second-order valence-electron chi connectivity index (χ2n) is 5.37. The van der Waals surface area contributed by atoms with Crippen LogP contribution in [0.25, 0.3) is 10.8 Å². The molecule has 1 aromatic heterocycles. The van der Waals surface area contributed by atoms with E-state index in [-0.39, 0.29) is 18.0 Å². The maximum absolute atomic E-state index is 12.0. The van der Waals surface area contributed by atoms with E-state index >= 15 is 0 Å². The third-order valence-electron chi connectivity index (χ3n) is 3.57. The predicted molar refractivity (Wildman–Crippen MR) is 103 cm³/mol. The molecule has 2 aromatic carbocycles. The summed E-state index contributed by atoms with van der Waals surface area (Å²) in [5, 5.41) is 19.6. The summed E-state index contributed by atoms with van der Waals surface area (Å²) in [4.78, 5) is 27.5. The van der Waals surface area contributed by atoms with Gasteiger partial charge in [-0.1, -0.05) is 23.2 Å². The fourth-order valence-electron chi connectivity index (χ4n) is 2.44. The highest BCUT2D eigenvalue weighted by atomic mass is 35.5. The zero-order chi connectivity index (χ0) is 18.7. The molecule has 26 heavy (non-hydrogen) atoms. The molecule has 0 saturated carbocycles. The minimum atomic E-state index is -1.08. The summed E-state index contributed by atoms with van der Waals surface area (Å²) in [5.74, 6) is -1.33. The molecule has 3 rings (SSSR count). The van der Waals surface area contributed by atoms with E-state index in [1.807, 2.05) is 5.38 Å². The van der Waals surface area contributed by atoms with E-state index in [2.05, 4.69) is 15.6 Å². The van der Waals surface area contributed by atoms with Crippen molar-refractivity contribution in [3.05, 3.63) is 56.5 Å². The lowest BCUT2D eigenvalue weighted by Gasteiger charge is -2.13. The number of halogens is 2. The van der Waals surface area contributed by atoms with Gasteiger partial charge in [-0.05, 0) is 29.7 Å². The first kappa shape index (κ1) is 18.4. The average molecular weight is 410 g/mol.